The Labute approximate surface area is 431 Å². The zero-order valence-corrected chi connectivity index (χ0v) is 46.9. The first-order chi connectivity index (χ1) is 34.0. The van der Waals surface area contributed by atoms with Crippen molar-refractivity contribution in [2.24, 2.45) is 0 Å². The lowest BCUT2D eigenvalue weighted by Crippen LogP contribution is -2.30. The van der Waals surface area contributed by atoms with Gasteiger partial charge in [-0.2, -0.15) is 0 Å². The van der Waals surface area contributed by atoms with Crippen molar-refractivity contribution < 1.29 is 28.6 Å². The molecule has 0 heterocycles. The molecule has 1 unspecified atom stereocenters. The Morgan fingerprint density at radius 2 is 0.478 bits per heavy atom. The summed E-state index contributed by atoms with van der Waals surface area (Å²) in [7, 11) is 0. The molecule has 0 bridgehead atoms. The first-order valence-corrected chi connectivity index (χ1v) is 31.2. The molecule has 0 amide bonds. The molecule has 0 spiro atoms. The molecule has 0 saturated heterocycles. The highest BCUT2D eigenvalue weighted by Crippen LogP contribution is 2.18. The summed E-state index contributed by atoms with van der Waals surface area (Å²) in [6, 6.07) is 0. The van der Waals surface area contributed by atoms with Crippen molar-refractivity contribution in [2.75, 3.05) is 13.2 Å². The Hall–Kier alpha value is -1.85. The van der Waals surface area contributed by atoms with Crippen molar-refractivity contribution in [3.05, 3.63) is 12.2 Å². The van der Waals surface area contributed by atoms with E-state index in [-0.39, 0.29) is 31.1 Å². The molecule has 0 N–H and O–H groups in total. The van der Waals surface area contributed by atoms with Gasteiger partial charge in [0.05, 0.1) is 0 Å². The molecule has 0 saturated carbocycles. The van der Waals surface area contributed by atoms with E-state index in [2.05, 4.69) is 32.9 Å². The first-order valence-electron chi connectivity index (χ1n) is 31.2. The summed E-state index contributed by atoms with van der Waals surface area (Å²) >= 11 is 0. The lowest BCUT2D eigenvalue weighted by molar-refractivity contribution is -0.167. The number of ether oxygens (including phenoxy) is 3. The number of carbonyl (C=O) groups excluding carboxylic acids is 3. The van der Waals surface area contributed by atoms with Gasteiger partial charge in [0.15, 0.2) is 6.10 Å². The molecule has 0 aliphatic rings. The summed E-state index contributed by atoms with van der Waals surface area (Å²) < 4.78 is 16.8. The third kappa shape index (κ3) is 56.9. The van der Waals surface area contributed by atoms with Crippen molar-refractivity contribution >= 4 is 17.9 Å². The van der Waals surface area contributed by atoms with E-state index in [1.165, 1.54) is 250 Å². The molecule has 0 aromatic carbocycles. The second kappa shape index (κ2) is 58.7. The predicted octanol–water partition coefficient (Wildman–Crippen LogP) is 20.9. The molecule has 69 heavy (non-hydrogen) atoms. The molecule has 0 aromatic rings. The fraction of sp³-hybridized carbons (Fsp3) is 0.921. The van der Waals surface area contributed by atoms with Gasteiger partial charge in [0.1, 0.15) is 13.2 Å². The summed E-state index contributed by atoms with van der Waals surface area (Å²) in [4.78, 5) is 38.0. The summed E-state index contributed by atoms with van der Waals surface area (Å²) in [6.07, 6.45) is 68.2. The SMILES string of the molecule is CCCCC/C=C\CCCCCCCC(=O)OC(COC(=O)CCCCCCCCCCC)COC(=O)CCCCCCCCCCCCCCCCCCCCCCCCCCCCCCCC. The fourth-order valence-corrected chi connectivity index (χ4v) is 9.56. The van der Waals surface area contributed by atoms with E-state index in [4.69, 9.17) is 14.2 Å². The molecule has 0 fully saturated rings. The minimum atomic E-state index is -0.768. The van der Waals surface area contributed by atoms with Crippen LogP contribution in [0, 0.1) is 0 Å². The molecule has 6 nitrogen and oxygen atoms in total. The number of esters is 3. The summed E-state index contributed by atoms with van der Waals surface area (Å²) in [5.41, 5.74) is 0. The normalized spacial score (nSPS) is 12.0. The second-order valence-corrected chi connectivity index (χ2v) is 21.3. The maximum Gasteiger partial charge on any atom is 0.306 e. The maximum atomic E-state index is 12.8. The Kier molecular flexibility index (Phi) is 57.1. The van der Waals surface area contributed by atoms with Crippen LogP contribution in [0.4, 0.5) is 0 Å². The zero-order chi connectivity index (χ0) is 50.0. The number of rotatable bonds is 58. The molecule has 0 aliphatic carbocycles. The van der Waals surface area contributed by atoms with E-state index < -0.39 is 6.10 Å². The molecule has 0 rings (SSSR count). The van der Waals surface area contributed by atoms with Crippen molar-refractivity contribution in [1.29, 1.82) is 0 Å². The molecular formula is C63H120O6. The standard InChI is InChI=1S/C63H120O6/c1-4-7-10-13-16-19-21-23-24-25-26-27-28-29-30-31-32-33-34-35-36-37-38-39-40-42-44-47-50-53-56-62(65)68-59-60(58-67-61(64)55-52-49-46-43-18-15-12-9-6-3)69-63(66)57-54-51-48-45-41-22-20-17-14-11-8-5-2/h17,20,60H,4-16,18-19,21-59H2,1-3H3/b20-17-. The van der Waals surface area contributed by atoms with Gasteiger partial charge in [-0.3, -0.25) is 14.4 Å². The Balaban J connectivity index is 3.98. The molecule has 0 aliphatic heterocycles. The third-order valence-corrected chi connectivity index (χ3v) is 14.3. The average molecular weight is 974 g/mol. The molecule has 0 radical (unpaired) electrons. The van der Waals surface area contributed by atoms with Gasteiger partial charge >= 0.3 is 17.9 Å². The Bertz CT molecular complexity index is 1070. The van der Waals surface area contributed by atoms with E-state index in [1.807, 2.05) is 0 Å². The van der Waals surface area contributed by atoms with Crippen molar-refractivity contribution in [2.45, 2.75) is 361 Å². The highest BCUT2D eigenvalue weighted by atomic mass is 16.6. The van der Waals surface area contributed by atoms with Crippen LogP contribution < -0.4 is 0 Å². The molecule has 1 atom stereocenters. The average Bonchev–Trinajstić information content (AvgIpc) is 3.35. The maximum absolute atomic E-state index is 12.8. The summed E-state index contributed by atoms with van der Waals surface area (Å²) in [6.45, 7) is 6.64. The highest BCUT2D eigenvalue weighted by Gasteiger charge is 2.19. The van der Waals surface area contributed by atoms with Crippen LogP contribution in [0.25, 0.3) is 0 Å². The zero-order valence-electron chi connectivity index (χ0n) is 46.9. The molecule has 0 aromatic heterocycles. The molecule has 6 heteroatoms. The molecule has 408 valence electrons. The smallest absolute Gasteiger partial charge is 0.306 e. The van der Waals surface area contributed by atoms with Crippen LogP contribution in [-0.2, 0) is 28.6 Å². The number of carbonyl (C=O) groups is 3. The van der Waals surface area contributed by atoms with E-state index in [9.17, 15) is 14.4 Å². The van der Waals surface area contributed by atoms with Gasteiger partial charge in [0.25, 0.3) is 0 Å². The van der Waals surface area contributed by atoms with Gasteiger partial charge in [-0.15, -0.1) is 0 Å². The lowest BCUT2D eigenvalue weighted by atomic mass is 10.0. The number of hydrogen-bond acceptors (Lipinski definition) is 6. The lowest BCUT2D eigenvalue weighted by Gasteiger charge is -2.18. The third-order valence-electron chi connectivity index (χ3n) is 14.3. The fourth-order valence-electron chi connectivity index (χ4n) is 9.56. The van der Waals surface area contributed by atoms with Crippen LogP contribution in [0.1, 0.15) is 355 Å². The van der Waals surface area contributed by atoms with Crippen LogP contribution in [0.2, 0.25) is 0 Å². The van der Waals surface area contributed by atoms with Gasteiger partial charge in [0, 0.05) is 19.3 Å². The van der Waals surface area contributed by atoms with Crippen LogP contribution in [0.5, 0.6) is 0 Å². The topological polar surface area (TPSA) is 78.9 Å². The van der Waals surface area contributed by atoms with Crippen LogP contribution >= 0.6 is 0 Å². The minimum Gasteiger partial charge on any atom is -0.462 e. The van der Waals surface area contributed by atoms with Gasteiger partial charge in [-0.1, -0.05) is 303 Å². The number of allylic oxidation sites excluding steroid dienone is 2. The van der Waals surface area contributed by atoms with Crippen molar-refractivity contribution in [1.82, 2.24) is 0 Å². The van der Waals surface area contributed by atoms with Gasteiger partial charge < -0.3 is 14.2 Å². The van der Waals surface area contributed by atoms with Crippen LogP contribution in [0.3, 0.4) is 0 Å². The highest BCUT2D eigenvalue weighted by molar-refractivity contribution is 5.71. The Morgan fingerprint density at radius 1 is 0.275 bits per heavy atom. The second-order valence-electron chi connectivity index (χ2n) is 21.3. The predicted molar refractivity (Wildman–Crippen MR) is 298 cm³/mol. The van der Waals surface area contributed by atoms with Gasteiger partial charge in [-0.05, 0) is 44.9 Å². The van der Waals surface area contributed by atoms with Crippen LogP contribution in [0.15, 0.2) is 12.2 Å². The van der Waals surface area contributed by atoms with Crippen LogP contribution in [-0.4, -0.2) is 37.2 Å². The van der Waals surface area contributed by atoms with Crippen molar-refractivity contribution in [3.63, 3.8) is 0 Å². The monoisotopic (exact) mass is 973 g/mol. The minimum absolute atomic E-state index is 0.0680. The quantitative estimate of drug-likeness (QED) is 0.0261. The largest absolute Gasteiger partial charge is 0.462 e. The van der Waals surface area contributed by atoms with E-state index in [0.717, 1.165) is 64.2 Å². The molecular weight excluding hydrogens is 853 g/mol. The summed E-state index contributed by atoms with van der Waals surface area (Å²) in [5.74, 6) is -0.859. The summed E-state index contributed by atoms with van der Waals surface area (Å²) in [5, 5.41) is 0. The van der Waals surface area contributed by atoms with E-state index in [1.54, 1.807) is 0 Å². The van der Waals surface area contributed by atoms with Gasteiger partial charge in [0.2, 0.25) is 0 Å². The number of unbranched alkanes of at least 4 members (excludes halogenated alkanes) is 45. The van der Waals surface area contributed by atoms with Gasteiger partial charge in [-0.25, -0.2) is 0 Å². The van der Waals surface area contributed by atoms with E-state index in [0.29, 0.717) is 19.3 Å². The van der Waals surface area contributed by atoms with E-state index >= 15 is 0 Å². The first kappa shape index (κ1) is 67.1. The number of hydrogen-bond donors (Lipinski definition) is 0. The van der Waals surface area contributed by atoms with Crippen molar-refractivity contribution in [3.8, 4) is 0 Å². The Morgan fingerprint density at radius 3 is 0.754 bits per heavy atom.